The van der Waals surface area contributed by atoms with Gasteiger partial charge in [-0.25, -0.2) is 0 Å². The zero-order chi connectivity index (χ0) is 4.12. The van der Waals surface area contributed by atoms with Crippen LogP contribution in [0.5, 0.6) is 0 Å². The summed E-state index contributed by atoms with van der Waals surface area (Å²) >= 11 is 0. The van der Waals surface area contributed by atoms with E-state index in [4.69, 9.17) is 0 Å². The normalized spacial score (nSPS) is 5.25. The quantitative estimate of drug-likeness (QED) is 0.370. The minimum atomic E-state index is 0. The monoisotopic (exact) mass is 152 g/mol. The van der Waals surface area contributed by atoms with Crippen LogP contribution in [0.15, 0.2) is 0 Å². The Bertz CT molecular complexity index is 21.5. The third kappa shape index (κ3) is 23.5. The zero-order valence-corrected chi connectivity index (χ0v) is 11.1. The predicted molar refractivity (Wildman–Crippen MR) is 21.7 cm³/mol. The number of hydrogen-bond acceptors (Lipinski definition) is 2. The Morgan fingerprint density at radius 1 is 1.38 bits per heavy atom. The molecule has 2 nitrogen and oxygen atoms in total. The van der Waals surface area contributed by atoms with Crippen molar-refractivity contribution in [1.82, 2.24) is 0 Å². The number of rotatable bonds is 2. The molecule has 0 fully saturated rings. The van der Waals surface area contributed by atoms with E-state index in [1.807, 2.05) is 6.92 Å². The molecule has 0 aliphatic heterocycles. The molecule has 0 aromatic rings. The Labute approximate surface area is 115 Å². The second-order valence-electron chi connectivity index (χ2n) is 1.06. The first-order valence-electron chi connectivity index (χ1n) is 2.00. The Morgan fingerprint density at radius 3 is 1.75 bits per heavy atom. The van der Waals surface area contributed by atoms with Gasteiger partial charge >= 0.3 is 80.9 Å². The van der Waals surface area contributed by atoms with Gasteiger partial charge in [0.1, 0.15) is 0 Å². The zero-order valence-electron chi connectivity index (χ0n) is 5.98. The van der Waals surface area contributed by atoms with Crippen LogP contribution in [0, 0.1) is 0 Å². The average molecular weight is 152 g/mol. The van der Waals surface area contributed by atoms with E-state index in [0.29, 0.717) is 0 Å². The van der Waals surface area contributed by atoms with Crippen LogP contribution >= 0.6 is 0 Å². The van der Waals surface area contributed by atoms with Gasteiger partial charge < -0.3 is 10.6 Å². The molecule has 1 N–H and O–H groups in total. The van der Waals surface area contributed by atoms with Gasteiger partial charge in [0.25, 0.3) is 0 Å². The maximum Gasteiger partial charge on any atom is 1.00 e. The van der Waals surface area contributed by atoms with Crippen LogP contribution < -0.4 is 86.0 Å². The van der Waals surface area contributed by atoms with Gasteiger partial charge in [0.05, 0.1) is 0 Å². The van der Waals surface area contributed by atoms with Gasteiger partial charge in [0.15, 0.2) is 0 Å². The summed E-state index contributed by atoms with van der Waals surface area (Å²) in [4.78, 5) is 0. The van der Waals surface area contributed by atoms with Crippen LogP contribution in [-0.2, 0) is 0 Å². The van der Waals surface area contributed by atoms with Crippen LogP contribution in [0.3, 0.4) is 0 Å². The number of unbranched alkanes of at least 4 members (excludes halogenated alkanes) is 1. The molecule has 0 aromatic carbocycles. The third-order valence-electron chi connectivity index (χ3n) is 0.498. The van der Waals surface area contributed by atoms with Crippen molar-refractivity contribution < 1.29 is 91.5 Å². The number of hydrogen-bond donors (Lipinski definition) is 0. The summed E-state index contributed by atoms with van der Waals surface area (Å²) in [7, 11) is 0. The molecule has 0 spiro atoms. The maximum absolute atomic E-state index is 9.53. The minimum absolute atomic E-state index is 0. The van der Waals surface area contributed by atoms with E-state index in [1.165, 1.54) is 0 Å². The molecule has 4 heteroatoms. The van der Waals surface area contributed by atoms with Crippen molar-refractivity contribution in [2.45, 2.75) is 19.8 Å². The van der Waals surface area contributed by atoms with Gasteiger partial charge in [-0.2, -0.15) is 0 Å². The van der Waals surface area contributed by atoms with Gasteiger partial charge in [-0.15, -0.1) is 6.61 Å². The van der Waals surface area contributed by atoms with E-state index in [-0.39, 0.29) is 93.0 Å². The molecule has 8 heavy (non-hydrogen) atoms. The van der Waals surface area contributed by atoms with Crippen LogP contribution in [0.25, 0.3) is 0 Å². The van der Waals surface area contributed by atoms with E-state index in [9.17, 15) is 5.11 Å². The van der Waals surface area contributed by atoms with Gasteiger partial charge in [-0.1, -0.05) is 19.8 Å². The van der Waals surface area contributed by atoms with Gasteiger partial charge in [0.2, 0.25) is 0 Å². The van der Waals surface area contributed by atoms with Crippen molar-refractivity contribution in [1.29, 1.82) is 0 Å². The fraction of sp³-hybridized carbons (Fsp3) is 1.00. The van der Waals surface area contributed by atoms with Crippen molar-refractivity contribution in [2.75, 3.05) is 6.61 Å². The molecule has 0 atom stereocenters. The summed E-state index contributed by atoms with van der Waals surface area (Å²) in [6, 6.07) is 0. The first-order valence-corrected chi connectivity index (χ1v) is 2.00. The largest absolute Gasteiger partial charge is 1.00 e. The second-order valence-corrected chi connectivity index (χ2v) is 1.06. The van der Waals surface area contributed by atoms with Crippen LogP contribution in [0.4, 0.5) is 0 Å². The molecule has 0 amide bonds. The van der Waals surface area contributed by atoms with Gasteiger partial charge in [-0.3, -0.25) is 0 Å². The molecule has 0 saturated carbocycles. The van der Waals surface area contributed by atoms with E-state index < -0.39 is 0 Å². The second kappa shape index (κ2) is 22.7. The standard InChI is InChI=1S/C4H9O.K.Na.H2O/c1-2-3-4-5;;;/h2-4H2,1H3;;;1H2/q-1;2*+1;/p-1. The molecule has 0 bridgehead atoms. The SMILES string of the molecule is CCCC[O-].[K+].[Na+].[OH-]. The van der Waals surface area contributed by atoms with Crippen molar-refractivity contribution in [3.63, 3.8) is 0 Å². The summed E-state index contributed by atoms with van der Waals surface area (Å²) < 4.78 is 0. The van der Waals surface area contributed by atoms with Crippen LogP contribution in [-0.4, -0.2) is 12.1 Å². The molecule has 0 aliphatic carbocycles. The van der Waals surface area contributed by atoms with Crippen molar-refractivity contribution >= 4 is 0 Å². The fourth-order valence-electron chi connectivity index (χ4n) is 0.144. The molecule has 0 unspecified atom stereocenters. The van der Waals surface area contributed by atoms with Crippen molar-refractivity contribution in [3.05, 3.63) is 0 Å². The molecular formula is C4H10KNaO2. The van der Waals surface area contributed by atoms with E-state index in [0.717, 1.165) is 12.8 Å². The Kier molecular flexibility index (Phi) is 63.5. The Morgan fingerprint density at radius 2 is 1.75 bits per heavy atom. The fourth-order valence-corrected chi connectivity index (χ4v) is 0.144. The summed E-state index contributed by atoms with van der Waals surface area (Å²) in [6.07, 6.45) is 1.86. The van der Waals surface area contributed by atoms with Crippen LogP contribution in [0.2, 0.25) is 0 Å². The smallest absolute Gasteiger partial charge is 0.870 e. The van der Waals surface area contributed by atoms with E-state index >= 15 is 0 Å². The third-order valence-corrected chi connectivity index (χ3v) is 0.498. The topological polar surface area (TPSA) is 53.1 Å². The summed E-state index contributed by atoms with van der Waals surface area (Å²) in [6.45, 7) is 2.11. The molecule has 0 heterocycles. The van der Waals surface area contributed by atoms with Crippen molar-refractivity contribution in [2.24, 2.45) is 0 Å². The maximum atomic E-state index is 9.53. The molecule has 0 aliphatic rings. The Hall–Kier alpha value is 2.56. The summed E-state index contributed by atoms with van der Waals surface area (Å²) in [5.74, 6) is 0. The summed E-state index contributed by atoms with van der Waals surface area (Å²) in [5, 5.41) is 9.53. The molecule has 0 radical (unpaired) electrons. The molecule has 40 valence electrons. The van der Waals surface area contributed by atoms with Crippen LogP contribution in [0.1, 0.15) is 19.8 Å². The molecular weight excluding hydrogens is 142 g/mol. The summed E-state index contributed by atoms with van der Waals surface area (Å²) in [5.41, 5.74) is 0. The molecule has 0 aromatic heterocycles. The first-order chi connectivity index (χ1) is 2.41. The van der Waals surface area contributed by atoms with Gasteiger partial charge in [-0.05, 0) is 0 Å². The van der Waals surface area contributed by atoms with E-state index in [2.05, 4.69) is 0 Å². The van der Waals surface area contributed by atoms with Gasteiger partial charge in [0, 0.05) is 0 Å². The van der Waals surface area contributed by atoms with E-state index in [1.54, 1.807) is 0 Å². The Balaban J connectivity index is -0.0000000267. The molecule has 0 saturated heterocycles. The van der Waals surface area contributed by atoms with Crippen molar-refractivity contribution in [3.8, 4) is 0 Å². The predicted octanol–water partition coefficient (Wildman–Crippen LogP) is -6.02. The minimum Gasteiger partial charge on any atom is -0.870 e. The first kappa shape index (κ1) is 22.4. The molecule has 0 rings (SSSR count). The average Bonchev–Trinajstić information content (AvgIpc) is 1.41.